The summed E-state index contributed by atoms with van der Waals surface area (Å²) < 4.78 is 15.4. The molecule has 0 fully saturated rings. The van der Waals surface area contributed by atoms with E-state index in [2.05, 4.69) is 17.4 Å². The molecular weight excluding hydrogens is 379 g/mol. The monoisotopic (exact) mass is 402 g/mol. The zero-order valence-corrected chi connectivity index (χ0v) is 16.5. The van der Waals surface area contributed by atoms with E-state index in [0.29, 0.717) is 13.1 Å². The zero-order chi connectivity index (χ0) is 20.9. The molecule has 0 aliphatic heterocycles. The summed E-state index contributed by atoms with van der Waals surface area (Å²) in [5.41, 5.74) is 3.79. The molecule has 5 heteroatoms. The van der Waals surface area contributed by atoms with Crippen LogP contribution in [0.2, 0.25) is 0 Å². The fourth-order valence-corrected chi connectivity index (χ4v) is 3.87. The lowest BCUT2D eigenvalue weighted by atomic mass is 10.1. The number of fused-ring (bicyclic) bond motifs is 1. The lowest BCUT2D eigenvalue weighted by molar-refractivity contribution is 0.0685. The molecule has 0 atom stereocenters. The minimum Gasteiger partial charge on any atom is -0.477 e. The highest BCUT2D eigenvalue weighted by Crippen LogP contribution is 2.27. The van der Waals surface area contributed by atoms with Crippen molar-refractivity contribution in [3.63, 3.8) is 0 Å². The summed E-state index contributed by atoms with van der Waals surface area (Å²) in [5, 5.41) is 14.3. The predicted molar refractivity (Wildman–Crippen MR) is 116 cm³/mol. The van der Waals surface area contributed by atoms with Gasteiger partial charge in [0.25, 0.3) is 0 Å². The molecule has 0 amide bonds. The van der Waals surface area contributed by atoms with Crippen LogP contribution in [0, 0.1) is 5.82 Å². The quantitative estimate of drug-likeness (QED) is 0.414. The van der Waals surface area contributed by atoms with E-state index in [1.807, 2.05) is 42.5 Å². The molecule has 0 saturated carbocycles. The summed E-state index contributed by atoms with van der Waals surface area (Å²) >= 11 is 0. The summed E-state index contributed by atoms with van der Waals surface area (Å²) in [6.45, 7) is 1.49. The number of carboxylic acids is 1. The molecule has 30 heavy (non-hydrogen) atoms. The van der Waals surface area contributed by atoms with Crippen LogP contribution in [-0.2, 0) is 19.5 Å². The van der Waals surface area contributed by atoms with Crippen LogP contribution in [0.3, 0.4) is 0 Å². The first-order chi connectivity index (χ1) is 14.6. The summed E-state index contributed by atoms with van der Waals surface area (Å²) in [4.78, 5) is 12.2. The van der Waals surface area contributed by atoms with Crippen LogP contribution in [0.25, 0.3) is 10.9 Å². The number of hydrogen-bond donors (Lipinski definition) is 2. The van der Waals surface area contributed by atoms with Gasteiger partial charge in [-0.25, -0.2) is 9.18 Å². The molecule has 0 spiro atoms. The van der Waals surface area contributed by atoms with Crippen molar-refractivity contribution >= 4 is 16.9 Å². The highest BCUT2D eigenvalue weighted by molar-refractivity contribution is 5.98. The molecule has 2 N–H and O–H groups in total. The molecule has 0 radical (unpaired) electrons. The second-order valence-corrected chi connectivity index (χ2v) is 7.28. The van der Waals surface area contributed by atoms with Crippen LogP contribution in [0.15, 0.2) is 78.9 Å². The van der Waals surface area contributed by atoms with Gasteiger partial charge in [0.1, 0.15) is 11.5 Å². The number of carbonyl (C=O) groups is 1. The Kier molecular flexibility index (Phi) is 5.91. The summed E-state index contributed by atoms with van der Waals surface area (Å²) in [7, 11) is 0. The average Bonchev–Trinajstić information content (AvgIpc) is 3.06. The van der Waals surface area contributed by atoms with Crippen molar-refractivity contribution in [2.45, 2.75) is 19.5 Å². The van der Waals surface area contributed by atoms with Crippen molar-refractivity contribution in [1.82, 2.24) is 9.88 Å². The molecule has 0 unspecified atom stereocenters. The van der Waals surface area contributed by atoms with E-state index in [4.69, 9.17) is 0 Å². The first-order valence-corrected chi connectivity index (χ1v) is 9.96. The Morgan fingerprint density at radius 1 is 0.933 bits per heavy atom. The Hall–Kier alpha value is -3.44. The third kappa shape index (κ3) is 4.26. The first-order valence-electron chi connectivity index (χ1n) is 9.96. The number of halogens is 1. The van der Waals surface area contributed by atoms with E-state index in [-0.39, 0.29) is 11.5 Å². The van der Waals surface area contributed by atoms with Crippen molar-refractivity contribution < 1.29 is 14.3 Å². The molecule has 0 aliphatic rings. The zero-order valence-electron chi connectivity index (χ0n) is 16.5. The summed E-state index contributed by atoms with van der Waals surface area (Å²) in [5.74, 6) is -1.31. The Morgan fingerprint density at radius 2 is 1.67 bits per heavy atom. The van der Waals surface area contributed by atoms with Gasteiger partial charge in [-0.05, 0) is 42.3 Å². The Balaban J connectivity index is 1.63. The van der Waals surface area contributed by atoms with E-state index >= 15 is 0 Å². The molecule has 4 aromatic rings. The minimum atomic E-state index is -0.984. The van der Waals surface area contributed by atoms with Crippen LogP contribution in [-0.4, -0.2) is 22.2 Å². The van der Waals surface area contributed by atoms with Gasteiger partial charge in [0.05, 0.1) is 0 Å². The third-order valence-corrected chi connectivity index (χ3v) is 5.24. The number of nitrogens with zero attached hydrogens (tertiary/aromatic N) is 1. The second kappa shape index (κ2) is 8.93. The van der Waals surface area contributed by atoms with Crippen LogP contribution < -0.4 is 5.32 Å². The Labute approximate surface area is 174 Å². The van der Waals surface area contributed by atoms with Gasteiger partial charge in [-0.15, -0.1) is 0 Å². The van der Waals surface area contributed by atoms with Crippen molar-refractivity contribution in [3.05, 3.63) is 107 Å². The topological polar surface area (TPSA) is 54.3 Å². The van der Waals surface area contributed by atoms with E-state index < -0.39 is 5.97 Å². The Morgan fingerprint density at radius 3 is 2.43 bits per heavy atom. The van der Waals surface area contributed by atoms with Gasteiger partial charge in [0.15, 0.2) is 0 Å². The van der Waals surface area contributed by atoms with Gasteiger partial charge in [0.2, 0.25) is 0 Å². The van der Waals surface area contributed by atoms with Crippen LogP contribution in [0.1, 0.15) is 27.2 Å². The largest absolute Gasteiger partial charge is 0.477 e. The van der Waals surface area contributed by atoms with Crippen molar-refractivity contribution in [3.8, 4) is 0 Å². The van der Waals surface area contributed by atoms with Crippen LogP contribution >= 0.6 is 0 Å². The number of carboxylic acid groups (broad SMARTS) is 1. The van der Waals surface area contributed by atoms with Gasteiger partial charge in [0, 0.05) is 29.6 Å². The molecule has 4 nitrogen and oxygen atoms in total. The SMILES string of the molecule is O=C(O)c1c(CNCCc2ccccc2)c2ccccc2n1Cc1cccc(F)c1. The number of rotatable bonds is 8. The van der Waals surface area contributed by atoms with Crippen LogP contribution in [0.5, 0.6) is 0 Å². The normalized spacial score (nSPS) is 11.1. The first kappa shape index (κ1) is 19.9. The number of para-hydroxylation sites is 1. The molecule has 0 bridgehead atoms. The number of aromatic carboxylic acids is 1. The van der Waals surface area contributed by atoms with Gasteiger partial charge < -0.3 is 15.0 Å². The molecule has 3 aromatic carbocycles. The molecular formula is C25H23FN2O2. The van der Waals surface area contributed by atoms with Crippen molar-refractivity contribution in [2.24, 2.45) is 0 Å². The van der Waals surface area contributed by atoms with Gasteiger partial charge in [-0.3, -0.25) is 0 Å². The number of hydrogen-bond acceptors (Lipinski definition) is 2. The second-order valence-electron chi connectivity index (χ2n) is 7.28. The molecule has 0 aliphatic carbocycles. The number of benzene rings is 3. The van der Waals surface area contributed by atoms with Gasteiger partial charge in [-0.2, -0.15) is 0 Å². The maximum Gasteiger partial charge on any atom is 0.352 e. The maximum absolute atomic E-state index is 13.7. The van der Waals surface area contributed by atoms with Gasteiger partial charge in [-0.1, -0.05) is 60.7 Å². The predicted octanol–water partition coefficient (Wildman–Crippen LogP) is 4.86. The maximum atomic E-state index is 13.7. The fourth-order valence-electron chi connectivity index (χ4n) is 3.87. The fraction of sp³-hybridized carbons (Fsp3) is 0.160. The minimum absolute atomic E-state index is 0.243. The lowest BCUT2D eigenvalue weighted by Gasteiger charge is -2.10. The Bertz CT molecular complexity index is 1170. The van der Waals surface area contributed by atoms with Crippen molar-refractivity contribution in [1.29, 1.82) is 0 Å². The highest BCUT2D eigenvalue weighted by Gasteiger charge is 2.22. The molecule has 0 saturated heterocycles. The molecule has 152 valence electrons. The van der Waals surface area contributed by atoms with E-state index in [9.17, 15) is 14.3 Å². The smallest absolute Gasteiger partial charge is 0.352 e. The number of nitrogens with one attached hydrogen (secondary N) is 1. The van der Waals surface area contributed by atoms with Gasteiger partial charge >= 0.3 is 5.97 Å². The average molecular weight is 402 g/mol. The highest BCUT2D eigenvalue weighted by atomic mass is 19.1. The third-order valence-electron chi connectivity index (χ3n) is 5.24. The summed E-state index contributed by atoms with van der Waals surface area (Å²) in [6, 6.07) is 24.1. The van der Waals surface area contributed by atoms with Crippen LogP contribution in [0.4, 0.5) is 4.39 Å². The van der Waals surface area contributed by atoms with E-state index in [0.717, 1.165) is 35.0 Å². The standard InChI is InChI=1S/C25H23FN2O2/c26-20-10-6-9-19(15-20)17-28-23-12-5-4-11-21(23)22(24(28)25(29)30)16-27-14-13-18-7-2-1-3-8-18/h1-12,15,27H,13-14,16-17H2,(H,29,30). The summed E-state index contributed by atoms with van der Waals surface area (Å²) in [6.07, 6.45) is 0.866. The molecule has 1 heterocycles. The number of aromatic nitrogens is 1. The van der Waals surface area contributed by atoms with E-state index in [1.54, 1.807) is 16.7 Å². The van der Waals surface area contributed by atoms with E-state index in [1.165, 1.54) is 17.7 Å². The molecule has 1 aromatic heterocycles. The molecule has 4 rings (SSSR count). The van der Waals surface area contributed by atoms with Crippen molar-refractivity contribution in [2.75, 3.05) is 6.54 Å². The lowest BCUT2D eigenvalue weighted by Crippen LogP contribution is -2.19.